The molecule has 0 saturated carbocycles. The number of hydrogen-bond acceptors (Lipinski definition) is 9. The molecule has 5 aromatic rings. The van der Waals surface area contributed by atoms with Gasteiger partial charge in [-0.3, -0.25) is 4.79 Å². The quantitative estimate of drug-likeness (QED) is 0.0661. The lowest BCUT2D eigenvalue weighted by molar-refractivity contribution is 0.0904. The number of aliphatic hydroxyl groups excluding tert-OH is 1. The van der Waals surface area contributed by atoms with E-state index in [-0.39, 0.29) is 23.4 Å². The van der Waals surface area contributed by atoms with E-state index in [4.69, 9.17) is 9.72 Å². The minimum atomic E-state index is -0.808. The van der Waals surface area contributed by atoms with Crippen molar-refractivity contribution < 1.29 is 19.7 Å². The van der Waals surface area contributed by atoms with Gasteiger partial charge in [0.15, 0.2) is 5.65 Å². The highest BCUT2D eigenvalue weighted by atomic mass is 16.5. The second-order valence-electron chi connectivity index (χ2n) is 12.8. The van der Waals surface area contributed by atoms with Gasteiger partial charge in [0.1, 0.15) is 5.75 Å². The van der Waals surface area contributed by atoms with Crippen LogP contribution in [0.4, 0.5) is 16.2 Å². The molecule has 1 fully saturated rings. The number of aromatic nitrogens is 4. The molecule has 0 aliphatic carbocycles. The third-order valence-electron chi connectivity index (χ3n) is 9.24. The number of nitrogens with zero attached hydrogens (tertiary/aromatic N) is 3. The minimum absolute atomic E-state index is 0.0375. The van der Waals surface area contributed by atoms with Crippen molar-refractivity contribution in [2.75, 3.05) is 36.9 Å². The van der Waals surface area contributed by atoms with Crippen molar-refractivity contribution in [3.05, 3.63) is 87.5 Å². The number of phenols is 1. The van der Waals surface area contributed by atoms with Crippen LogP contribution in [0.5, 0.6) is 5.75 Å². The summed E-state index contributed by atoms with van der Waals surface area (Å²) < 4.78 is 7.48. The van der Waals surface area contributed by atoms with Crippen molar-refractivity contribution in [1.29, 1.82) is 0 Å². The molecule has 0 unspecified atom stereocenters. The SMILES string of the molecule is CCc1nc2c(cnn2CC)c(NC2CCOCC2)c1CNC(=O)Nc1ccc(C#CCCCNC[C@H](O)c2ccc(O)c3[nH]c(=O)ccc23)cc1. The largest absolute Gasteiger partial charge is 0.506 e. The van der Waals surface area contributed by atoms with Gasteiger partial charge in [0.25, 0.3) is 0 Å². The monoisotopic (exact) mass is 706 g/mol. The average molecular weight is 707 g/mol. The fourth-order valence-corrected chi connectivity index (χ4v) is 6.45. The third-order valence-corrected chi connectivity index (χ3v) is 9.24. The number of phenolic OH excluding ortho intramolecular Hbond substituents is 1. The van der Waals surface area contributed by atoms with E-state index in [1.54, 1.807) is 12.1 Å². The van der Waals surface area contributed by atoms with Crippen LogP contribution in [0.25, 0.3) is 21.9 Å². The number of aliphatic hydroxyl groups is 1. The molecule has 1 aliphatic heterocycles. The molecule has 4 heterocycles. The van der Waals surface area contributed by atoms with Crippen LogP contribution in [0.2, 0.25) is 0 Å². The average Bonchev–Trinajstić information content (AvgIpc) is 3.58. The van der Waals surface area contributed by atoms with Gasteiger partial charge in [-0.05, 0) is 81.1 Å². The molecule has 1 atom stereocenters. The van der Waals surface area contributed by atoms with Crippen molar-refractivity contribution in [3.8, 4) is 17.6 Å². The molecule has 1 aliphatic rings. The van der Waals surface area contributed by atoms with Gasteiger partial charge < -0.3 is 41.2 Å². The maximum absolute atomic E-state index is 13.0. The summed E-state index contributed by atoms with van der Waals surface area (Å²) in [5, 5.41) is 39.8. The lowest BCUT2D eigenvalue weighted by Gasteiger charge is -2.26. The number of ether oxygens (including phenoxy) is 1. The van der Waals surface area contributed by atoms with Crippen molar-refractivity contribution in [2.45, 2.75) is 71.2 Å². The molecule has 13 nitrogen and oxygen atoms in total. The summed E-state index contributed by atoms with van der Waals surface area (Å²) in [4.78, 5) is 32.2. The number of hydrogen-bond donors (Lipinski definition) is 7. The van der Waals surface area contributed by atoms with E-state index in [2.05, 4.69) is 57.0 Å². The number of anilines is 2. The normalized spacial score (nSPS) is 13.8. The van der Waals surface area contributed by atoms with Crippen LogP contribution in [0.1, 0.15) is 68.0 Å². The molecule has 52 heavy (non-hydrogen) atoms. The summed E-state index contributed by atoms with van der Waals surface area (Å²) in [6.07, 6.45) is 5.05. The number of urea groups is 1. The first kappa shape index (κ1) is 36.4. The number of fused-ring (bicyclic) bond motifs is 2. The zero-order valence-electron chi connectivity index (χ0n) is 29.6. The van der Waals surface area contributed by atoms with E-state index < -0.39 is 6.10 Å². The van der Waals surface area contributed by atoms with Crippen molar-refractivity contribution in [3.63, 3.8) is 0 Å². The van der Waals surface area contributed by atoms with Gasteiger partial charge >= 0.3 is 6.03 Å². The van der Waals surface area contributed by atoms with Crippen molar-refractivity contribution in [1.82, 2.24) is 30.4 Å². The van der Waals surface area contributed by atoms with E-state index in [0.29, 0.717) is 48.2 Å². The number of aromatic hydroxyl groups is 1. The van der Waals surface area contributed by atoms with Gasteiger partial charge in [0.2, 0.25) is 5.56 Å². The third kappa shape index (κ3) is 8.71. The molecule has 13 heteroatoms. The van der Waals surface area contributed by atoms with Crippen LogP contribution < -0.4 is 26.8 Å². The summed E-state index contributed by atoms with van der Waals surface area (Å²) in [6, 6.07) is 13.5. The van der Waals surface area contributed by atoms with Gasteiger partial charge in [-0.2, -0.15) is 5.10 Å². The number of nitrogens with one attached hydrogen (secondary N) is 5. The van der Waals surface area contributed by atoms with Crippen LogP contribution in [0.3, 0.4) is 0 Å². The number of pyridine rings is 2. The van der Waals surface area contributed by atoms with Gasteiger partial charge in [0, 0.05) is 79.3 Å². The molecular weight excluding hydrogens is 660 g/mol. The van der Waals surface area contributed by atoms with Gasteiger partial charge in [-0.1, -0.05) is 24.8 Å². The molecule has 6 rings (SSSR count). The lowest BCUT2D eigenvalue weighted by atomic mass is 10.0. The van der Waals surface area contributed by atoms with Gasteiger partial charge in [-0.25, -0.2) is 14.5 Å². The zero-order chi connectivity index (χ0) is 36.5. The standard InChI is InChI=1S/C39H46N8O5/c1-3-32-30(36(43-27-17-20-52-21-18-27)31-23-42-47(4-2)38(31)45-32)22-41-39(51)44-26-11-9-25(10-12-26)8-6-5-7-19-40-24-34(49)28-13-15-33(48)37-29(28)14-16-35(50)46-37/h9-16,23,27,34,40,48-49H,3-5,7,17-22,24H2,1-2H3,(H,43,45)(H,46,50)(H2,41,44,51)/t34-/m0/s1. The maximum Gasteiger partial charge on any atom is 0.319 e. The maximum atomic E-state index is 13.0. The highest BCUT2D eigenvalue weighted by Gasteiger charge is 2.22. The van der Waals surface area contributed by atoms with Crippen LogP contribution >= 0.6 is 0 Å². The number of unbranched alkanes of at least 4 members (excludes halogenated alkanes) is 1. The number of amides is 2. The number of carbonyl (C=O) groups is 1. The first-order valence-electron chi connectivity index (χ1n) is 17.9. The fraction of sp³-hybridized carbons (Fsp3) is 0.385. The first-order chi connectivity index (χ1) is 25.3. The highest BCUT2D eigenvalue weighted by Crippen LogP contribution is 2.32. The number of carbonyl (C=O) groups excluding carboxylic acids is 1. The van der Waals surface area contributed by atoms with Crippen LogP contribution in [-0.4, -0.2) is 68.3 Å². The number of rotatable bonds is 13. The smallest absolute Gasteiger partial charge is 0.319 e. The summed E-state index contributed by atoms with van der Waals surface area (Å²) in [7, 11) is 0. The number of benzene rings is 2. The molecule has 7 N–H and O–H groups in total. The summed E-state index contributed by atoms with van der Waals surface area (Å²) >= 11 is 0. The summed E-state index contributed by atoms with van der Waals surface area (Å²) in [5.41, 5.74) is 5.84. The molecule has 3 aromatic heterocycles. The lowest BCUT2D eigenvalue weighted by Crippen LogP contribution is -2.31. The Bertz CT molecular complexity index is 2130. The molecule has 272 valence electrons. The van der Waals surface area contributed by atoms with E-state index in [9.17, 15) is 19.8 Å². The minimum Gasteiger partial charge on any atom is -0.506 e. The van der Waals surface area contributed by atoms with Gasteiger partial charge in [0.05, 0.1) is 28.9 Å². The Morgan fingerprint density at radius 1 is 1.10 bits per heavy atom. The van der Waals surface area contributed by atoms with Crippen molar-refractivity contribution in [2.24, 2.45) is 0 Å². The Labute approximate surface area is 302 Å². The number of aryl methyl sites for hydroxylation is 2. The number of H-pyrrole nitrogens is 1. The van der Waals surface area contributed by atoms with E-state index >= 15 is 0 Å². The second-order valence-corrected chi connectivity index (χ2v) is 12.8. The Kier molecular flexibility index (Phi) is 12.0. The molecule has 2 amide bonds. The Hall–Kier alpha value is -5.42. The fourth-order valence-electron chi connectivity index (χ4n) is 6.45. The number of aromatic amines is 1. The molecule has 2 aromatic carbocycles. The van der Waals surface area contributed by atoms with Gasteiger partial charge in [-0.15, -0.1) is 0 Å². The second kappa shape index (κ2) is 17.2. The topological polar surface area (TPSA) is 178 Å². The summed E-state index contributed by atoms with van der Waals surface area (Å²) in [5.74, 6) is 6.31. The van der Waals surface area contributed by atoms with Crippen molar-refractivity contribution >= 4 is 39.3 Å². The van der Waals surface area contributed by atoms with E-state index in [1.165, 1.54) is 12.1 Å². The molecule has 0 spiro atoms. The summed E-state index contributed by atoms with van der Waals surface area (Å²) in [6.45, 7) is 7.58. The van der Waals surface area contributed by atoms with Crippen LogP contribution in [0, 0.1) is 11.8 Å². The van der Waals surface area contributed by atoms with Crippen LogP contribution in [-0.2, 0) is 24.2 Å². The van der Waals surface area contributed by atoms with E-state index in [1.807, 2.05) is 35.1 Å². The Morgan fingerprint density at radius 3 is 2.67 bits per heavy atom. The Morgan fingerprint density at radius 2 is 1.90 bits per heavy atom. The van der Waals surface area contributed by atoms with Crippen LogP contribution in [0.15, 0.2) is 59.5 Å². The highest BCUT2D eigenvalue weighted by molar-refractivity contribution is 5.93. The first-order valence-corrected chi connectivity index (χ1v) is 17.9. The molecular formula is C39H46N8O5. The zero-order valence-corrected chi connectivity index (χ0v) is 29.6. The molecule has 0 bridgehead atoms. The predicted molar refractivity (Wildman–Crippen MR) is 203 cm³/mol. The Balaban J connectivity index is 0.980. The van der Waals surface area contributed by atoms with E-state index in [0.717, 1.165) is 79.0 Å². The molecule has 1 saturated heterocycles. The predicted octanol–water partition coefficient (Wildman–Crippen LogP) is 4.93. The molecule has 0 radical (unpaired) electrons.